The maximum absolute atomic E-state index is 11.8. The predicted octanol–water partition coefficient (Wildman–Crippen LogP) is 2.71. The zero-order valence-electron chi connectivity index (χ0n) is 3.67. The number of rotatable bonds is 2. The Morgan fingerprint density at radius 1 is 1.50 bits per heavy atom. The Morgan fingerprint density at radius 3 is 1.88 bits per heavy atom. The highest BCUT2D eigenvalue weighted by Crippen LogP contribution is 2.27. The Hall–Kier alpha value is 0.750. The van der Waals surface area contributed by atoms with E-state index in [4.69, 9.17) is 0 Å². The minimum atomic E-state index is -3.29. The van der Waals surface area contributed by atoms with E-state index in [1.54, 1.807) is 0 Å². The van der Waals surface area contributed by atoms with Gasteiger partial charge >= 0.3 is 0 Å². The van der Waals surface area contributed by atoms with Crippen LogP contribution in [0.3, 0.4) is 0 Å². The maximum atomic E-state index is 11.8. The van der Waals surface area contributed by atoms with Crippen LogP contribution < -0.4 is 0 Å². The number of hydrogen-bond acceptors (Lipinski definition) is 0. The third kappa shape index (κ3) is 2.35. The first-order valence-electron chi connectivity index (χ1n) is 1.72. The Labute approximate surface area is 61.7 Å². The minimum Gasteiger partial charge on any atom is -0.228 e. The van der Waals surface area contributed by atoms with Gasteiger partial charge in [-0.3, -0.25) is 0 Å². The molecule has 0 aliphatic rings. The summed E-state index contributed by atoms with van der Waals surface area (Å²) in [6, 6.07) is 0. The molecule has 0 saturated heterocycles. The van der Waals surface area contributed by atoms with Gasteiger partial charge in [-0.25, -0.2) is 13.2 Å². The standard InChI is InChI=1S/C3H3Br2F3/c4-1-3(7,8)2(5)6/h2H,1H2. The summed E-state index contributed by atoms with van der Waals surface area (Å²) >= 11 is 4.56. The summed E-state index contributed by atoms with van der Waals surface area (Å²) in [6.45, 7) is 0. The highest BCUT2D eigenvalue weighted by atomic mass is 79.9. The second-order valence-corrected chi connectivity index (χ2v) is 2.56. The molecule has 0 N–H and O–H groups in total. The molecule has 0 amide bonds. The molecule has 0 bridgehead atoms. The summed E-state index contributed by atoms with van der Waals surface area (Å²) in [5.74, 6) is -3.29. The minimum absolute atomic E-state index is 0.660. The van der Waals surface area contributed by atoms with Gasteiger partial charge in [0.25, 0.3) is 5.92 Å². The highest BCUT2D eigenvalue weighted by Gasteiger charge is 2.36. The van der Waals surface area contributed by atoms with Crippen molar-refractivity contribution < 1.29 is 13.2 Å². The smallest absolute Gasteiger partial charge is 0.228 e. The van der Waals surface area contributed by atoms with Crippen LogP contribution in [0.2, 0.25) is 0 Å². The highest BCUT2D eigenvalue weighted by molar-refractivity contribution is 9.10. The van der Waals surface area contributed by atoms with Gasteiger partial charge in [0.2, 0.25) is 5.08 Å². The van der Waals surface area contributed by atoms with Crippen molar-refractivity contribution in [1.82, 2.24) is 0 Å². The second kappa shape index (κ2) is 3.06. The molecule has 1 unspecified atom stereocenters. The van der Waals surface area contributed by atoms with Gasteiger partial charge in [-0.15, -0.1) is 0 Å². The molecular formula is C3H3Br2F3. The first kappa shape index (κ1) is 8.75. The third-order valence-corrected chi connectivity index (χ3v) is 1.91. The van der Waals surface area contributed by atoms with Crippen molar-refractivity contribution in [2.24, 2.45) is 0 Å². The van der Waals surface area contributed by atoms with Gasteiger partial charge in [-0.2, -0.15) is 0 Å². The average molecular weight is 256 g/mol. The fourth-order valence-electron chi connectivity index (χ4n) is 0.0583. The van der Waals surface area contributed by atoms with Crippen molar-refractivity contribution in [3.8, 4) is 0 Å². The lowest BCUT2D eigenvalue weighted by atomic mass is 10.4. The van der Waals surface area contributed by atoms with Gasteiger partial charge in [0.1, 0.15) is 0 Å². The van der Waals surface area contributed by atoms with E-state index in [1.807, 2.05) is 0 Å². The lowest BCUT2D eigenvalue weighted by Crippen LogP contribution is -2.26. The molecule has 50 valence electrons. The quantitative estimate of drug-likeness (QED) is 0.666. The van der Waals surface area contributed by atoms with Crippen molar-refractivity contribution >= 4 is 31.9 Å². The Bertz CT molecular complexity index is 72.9. The zero-order chi connectivity index (χ0) is 6.78. The van der Waals surface area contributed by atoms with Gasteiger partial charge in [-0.05, 0) is 15.9 Å². The molecule has 0 aromatic carbocycles. The molecule has 0 aromatic rings. The molecule has 0 saturated carbocycles. The summed E-state index contributed by atoms with van der Waals surface area (Å²) in [5, 5.41) is -2.92. The molecule has 5 heteroatoms. The van der Waals surface area contributed by atoms with Crippen LogP contribution in [-0.4, -0.2) is 16.3 Å². The lowest BCUT2D eigenvalue weighted by molar-refractivity contribution is -0.00925. The molecule has 0 fully saturated rings. The maximum Gasteiger partial charge on any atom is 0.298 e. The van der Waals surface area contributed by atoms with Crippen LogP contribution >= 0.6 is 31.9 Å². The van der Waals surface area contributed by atoms with Crippen LogP contribution in [0.1, 0.15) is 0 Å². The topological polar surface area (TPSA) is 0 Å². The summed E-state index contributed by atoms with van der Waals surface area (Å²) in [6.07, 6.45) is 0. The molecule has 0 aliphatic carbocycles. The largest absolute Gasteiger partial charge is 0.298 e. The fourth-order valence-corrected chi connectivity index (χ4v) is 0.939. The molecular weight excluding hydrogens is 253 g/mol. The molecule has 0 rings (SSSR count). The summed E-state index contributed by atoms with van der Waals surface area (Å²) in [7, 11) is 0. The zero-order valence-corrected chi connectivity index (χ0v) is 6.85. The summed E-state index contributed by atoms with van der Waals surface area (Å²) < 4.78 is 35.2. The van der Waals surface area contributed by atoms with Crippen molar-refractivity contribution in [2.45, 2.75) is 11.0 Å². The Morgan fingerprint density at radius 2 is 1.88 bits per heavy atom. The van der Waals surface area contributed by atoms with Crippen molar-refractivity contribution in [2.75, 3.05) is 5.33 Å². The first-order chi connectivity index (χ1) is 3.50. The van der Waals surface area contributed by atoms with E-state index in [0.717, 1.165) is 0 Å². The predicted molar refractivity (Wildman–Crippen MR) is 32.6 cm³/mol. The molecule has 0 radical (unpaired) electrons. The Kier molecular flexibility index (Phi) is 3.34. The molecule has 0 aliphatic heterocycles. The van der Waals surface area contributed by atoms with Crippen LogP contribution in [0.5, 0.6) is 0 Å². The molecule has 0 aromatic heterocycles. The van der Waals surface area contributed by atoms with E-state index in [1.165, 1.54) is 0 Å². The third-order valence-electron chi connectivity index (χ3n) is 0.497. The van der Waals surface area contributed by atoms with E-state index in [9.17, 15) is 13.2 Å². The molecule has 0 heterocycles. The van der Waals surface area contributed by atoms with Crippen molar-refractivity contribution in [3.63, 3.8) is 0 Å². The lowest BCUT2D eigenvalue weighted by Gasteiger charge is -2.11. The fraction of sp³-hybridized carbons (Fsp3) is 1.00. The van der Waals surface area contributed by atoms with Gasteiger partial charge < -0.3 is 0 Å². The number of halogens is 5. The summed E-state index contributed by atoms with van der Waals surface area (Å²) in [5.41, 5.74) is 0. The molecule has 0 nitrogen and oxygen atoms in total. The molecule has 1 atom stereocenters. The van der Waals surface area contributed by atoms with E-state index in [2.05, 4.69) is 31.9 Å². The van der Waals surface area contributed by atoms with Gasteiger partial charge in [0.15, 0.2) is 0 Å². The van der Waals surface area contributed by atoms with Crippen LogP contribution in [0.15, 0.2) is 0 Å². The van der Waals surface area contributed by atoms with Gasteiger partial charge in [0.05, 0.1) is 5.33 Å². The van der Waals surface area contributed by atoms with Crippen LogP contribution in [0.25, 0.3) is 0 Å². The van der Waals surface area contributed by atoms with E-state index in [0.29, 0.717) is 0 Å². The van der Waals surface area contributed by atoms with Crippen LogP contribution in [0, 0.1) is 0 Å². The van der Waals surface area contributed by atoms with E-state index < -0.39 is 16.3 Å². The van der Waals surface area contributed by atoms with Crippen molar-refractivity contribution in [3.05, 3.63) is 0 Å². The Balaban J connectivity index is 3.71. The normalized spacial score (nSPS) is 16.1. The number of hydrogen-bond donors (Lipinski definition) is 0. The number of alkyl halides is 5. The van der Waals surface area contributed by atoms with E-state index >= 15 is 0 Å². The average Bonchev–Trinajstić information content (AvgIpc) is 1.67. The van der Waals surface area contributed by atoms with Crippen molar-refractivity contribution in [1.29, 1.82) is 0 Å². The summed E-state index contributed by atoms with van der Waals surface area (Å²) in [4.78, 5) is 0. The first-order valence-corrected chi connectivity index (χ1v) is 3.76. The second-order valence-electron chi connectivity index (χ2n) is 1.20. The van der Waals surface area contributed by atoms with Crippen LogP contribution in [0.4, 0.5) is 13.2 Å². The van der Waals surface area contributed by atoms with Gasteiger partial charge in [-0.1, -0.05) is 15.9 Å². The van der Waals surface area contributed by atoms with E-state index in [-0.39, 0.29) is 0 Å². The van der Waals surface area contributed by atoms with Crippen LogP contribution in [-0.2, 0) is 0 Å². The monoisotopic (exact) mass is 254 g/mol. The molecule has 8 heavy (non-hydrogen) atoms. The molecule has 0 spiro atoms. The SMILES string of the molecule is FC(Br)C(F)(F)CBr. The van der Waals surface area contributed by atoms with Gasteiger partial charge in [0, 0.05) is 0 Å².